The maximum atomic E-state index is 12.5. The van der Waals surface area contributed by atoms with Gasteiger partial charge >= 0.3 is 12.1 Å². The summed E-state index contributed by atoms with van der Waals surface area (Å²) in [5.74, 6) is -0.205. The fourth-order valence-electron chi connectivity index (χ4n) is 4.73. The van der Waals surface area contributed by atoms with E-state index >= 15 is 0 Å². The fourth-order valence-corrected chi connectivity index (χ4v) is 4.73. The molecular formula is C20H35N5O4. The molecule has 4 fully saturated rings. The van der Waals surface area contributed by atoms with Gasteiger partial charge in [0.1, 0.15) is 0 Å². The van der Waals surface area contributed by atoms with Crippen LogP contribution in [0.4, 0.5) is 4.79 Å². The third-order valence-electron chi connectivity index (χ3n) is 6.83. The molecule has 1 saturated carbocycles. The van der Waals surface area contributed by atoms with Gasteiger partial charge in [0.2, 0.25) is 0 Å². The predicted octanol–water partition coefficient (Wildman–Crippen LogP) is -0.276. The van der Waals surface area contributed by atoms with Crippen molar-refractivity contribution in [2.75, 3.05) is 79.1 Å². The van der Waals surface area contributed by atoms with Gasteiger partial charge in [-0.1, -0.05) is 0 Å². The first-order valence-corrected chi connectivity index (χ1v) is 11.0. The van der Waals surface area contributed by atoms with Crippen LogP contribution in [0.25, 0.3) is 0 Å². The van der Waals surface area contributed by atoms with Crippen molar-refractivity contribution in [3.63, 3.8) is 0 Å². The Morgan fingerprint density at radius 1 is 0.966 bits per heavy atom. The van der Waals surface area contributed by atoms with Gasteiger partial charge in [0.05, 0.1) is 19.7 Å². The van der Waals surface area contributed by atoms with Crippen molar-refractivity contribution in [2.45, 2.75) is 38.1 Å². The lowest BCUT2D eigenvalue weighted by Crippen LogP contribution is -2.54. The molecule has 2 unspecified atom stereocenters. The van der Waals surface area contributed by atoms with Crippen molar-refractivity contribution >= 4 is 12.1 Å². The highest BCUT2D eigenvalue weighted by atomic mass is 16.6. The Morgan fingerprint density at radius 2 is 1.59 bits per heavy atom. The van der Waals surface area contributed by atoms with Crippen molar-refractivity contribution in [1.82, 2.24) is 24.5 Å². The molecule has 0 spiro atoms. The van der Waals surface area contributed by atoms with E-state index in [-0.39, 0.29) is 24.3 Å². The SMILES string of the molecule is COC(=O)CN1CCN(C2OC(=O)N(CCN3CCN(C4CC4)CC3)C2C)CC1. The summed E-state index contributed by atoms with van der Waals surface area (Å²) < 4.78 is 10.5. The van der Waals surface area contributed by atoms with Crippen molar-refractivity contribution in [3.05, 3.63) is 0 Å². The quantitative estimate of drug-likeness (QED) is 0.532. The number of methoxy groups -OCH3 is 1. The molecule has 2 atom stereocenters. The topological polar surface area (TPSA) is 68.8 Å². The van der Waals surface area contributed by atoms with Gasteiger partial charge in [-0.25, -0.2) is 4.79 Å². The van der Waals surface area contributed by atoms with E-state index in [9.17, 15) is 9.59 Å². The number of ether oxygens (including phenoxy) is 2. The second-order valence-corrected chi connectivity index (χ2v) is 8.71. The molecule has 0 aromatic rings. The number of cyclic esters (lactones) is 1. The van der Waals surface area contributed by atoms with Gasteiger partial charge in [0, 0.05) is 71.5 Å². The van der Waals surface area contributed by atoms with Gasteiger partial charge in [-0.15, -0.1) is 0 Å². The molecule has 0 radical (unpaired) electrons. The average Bonchev–Trinajstić information content (AvgIpc) is 3.54. The van der Waals surface area contributed by atoms with Gasteiger partial charge in [0.25, 0.3) is 0 Å². The van der Waals surface area contributed by atoms with E-state index in [4.69, 9.17) is 9.47 Å². The summed E-state index contributed by atoms with van der Waals surface area (Å²) in [5, 5.41) is 0. The zero-order valence-electron chi connectivity index (χ0n) is 17.8. The predicted molar refractivity (Wildman–Crippen MR) is 108 cm³/mol. The zero-order valence-corrected chi connectivity index (χ0v) is 17.8. The lowest BCUT2D eigenvalue weighted by Gasteiger charge is -2.38. The van der Waals surface area contributed by atoms with E-state index in [0.29, 0.717) is 6.54 Å². The largest absolute Gasteiger partial charge is 0.468 e. The number of nitrogens with zero attached hydrogens (tertiary/aromatic N) is 5. The van der Waals surface area contributed by atoms with Crippen LogP contribution >= 0.6 is 0 Å². The molecule has 1 amide bonds. The van der Waals surface area contributed by atoms with Crippen LogP contribution in [0.3, 0.4) is 0 Å². The smallest absolute Gasteiger partial charge is 0.411 e. The third-order valence-corrected chi connectivity index (χ3v) is 6.83. The molecule has 0 aromatic heterocycles. The van der Waals surface area contributed by atoms with E-state index in [1.165, 1.54) is 20.0 Å². The molecule has 164 valence electrons. The van der Waals surface area contributed by atoms with Crippen LogP contribution in [0.5, 0.6) is 0 Å². The zero-order chi connectivity index (χ0) is 20.4. The monoisotopic (exact) mass is 409 g/mol. The highest BCUT2D eigenvalue weighted by molar-refractivity contribution is 5.71. The number of hydrogen-bond donors (Lipinski definition) is 0. The Bertz CT molecular complexity index is 585. The van der Waals surface area contributed by atoms with Crippen LogP contribution in [0, 0.1) is 0 Å². The van der Waals surface area contributed by atoms with E-state index in [1.807, 2.05) is 4.90 Å². The second kappa shape index (κ2) is 9.16. The average molecular weight is 410 g/mol. The minimum atomic E-state index is -0.205. The highest BCUT2D eigenvalue weighted by Crippen LogP contribution is 2.27. The molecule has 3 aliphatic heterocycles. The van der Waals surface area contributed by atoms with Gasteiger partial charge in [-0.3, -0.25) is 29.3 Å². The van der Waals surface area contributed by atoms with Gasteiger partial charge < -0.3 is 9.47 Å². The number of hydrogen-bond acceptors (Lipinski definition) is 8. The van der Waals surface area contributed by atoms with E-state index in [2.05, 4.69) is 26.5 Å². The summed E-state index contributed by atoms with van der Waals surface area (Å²) in [6, 6.07) is 0.891. The first-order valence-electron chi connectivity index (χ1n) is 11.0. The van der Waals surface area contributed by atoms with Crippen LogP contribution in [-0.2, 0) is 14.3 Å². The molecule has 3 saturated heterocycles. The van der Waals surface area contributed by atoms with E-state index in [1.54, 1.807) is 0 Å². The Labute approximate surface area is 173 Å². The summed E-state index contributed by atoms with van der Waals surface area (Å²) in [7, 11) is 1.42. The molecule has 9 nitrogen and oxygen atoms in total. The first kappa shape index (κ1) is 20.8. The lowest BCUT2D eigenvalue weighted by molar-refractivity contribution is -0.142. The number of amides is 1. The van der Waals surface area contributed by atoms with Gasteiger partial charge in [-0.2, -0.15) is 0 Å². The summed E-state index contributed by atoms with van der Waals surface area (Å²) in [4.78, 5) is 35.2. The molecule has 0 bridgehead atoms. The molecule has 3 heterocycles. The maximum Gasteiger partial charge on any atom is 0.411 e. The fraction of sp³-hybridized carbons (Fsp3) is 0.900. The Hall–Kier alpha value is -1.42. The van der Waals surface area contributed by atoms with Gasteiger partial charge in [-0.05, 0) is 19.8 Å². The number of piperazine rings is 2. The Morgan fingerprint density at radius 3 is 2.21 bits per heavy atom. The molecule has 0 aromatic carbocycles. The summed E-state index contributed by atoms with van der Waals surface area (Å²) in [6.45, 7) is 11.7. The number of carbonyl (C=O) groups is 2. The Kier molecular flexibility index (Phi) is 6.58. The summed E-state index contributed by atoms with van der Waals surface area (Å²) >= 11 is 0. The number of esters is 1. The van der Waals surface area contributed by atoms with Crippen molar-refractivity contribution in [3.8, 4) is 0 Å². The number of rotatable bonds is 7. The Balaban J connectivity index is 1.20. The van der Waals surface area contributed by atoms with Crippen LogP contribution in [0.2, 0.25) is 0 Å². The van der Waals surface area contributed by atoms with Crippen LogP contribution in [0.1, 0.15) is 19.8 Å². The standard InChI is InChI=1S/C20H35N5O4/c1-16-19(24-12-7-22(8-13-24)15-18(26)28-2)29-20(27)25(16)14-9-21-5-10-23(11-6-21)17-3-4-17/h16-17,19H,3-15H2,1-2H3. The lowest BCUT2D eigenvalue weighted by atomic mass is 10.2. The van der Waals surface area contributed by atoms with Crippen LogP contribution in [-0.4, -0.2) is 134 Å². The second-order valence-electron chi connectivity index (χ2n) is 8.71. The van der Waals surface area contributed by atoms with Gasteiger partial charge in [0.15, 0.2) is 6.23 Å². The van der Waals surface area contributed by atoms with Crippen LogP contribution in [0.15, 0.2) is 0 Å². The minimum absolute atomic E-state index is 0.0439. The molecular weight excluding hydrogens is 374 g/mol. The van der Waals surface area contributed by atoms with E-state index in [0.717, 1.165) is 71.5 Å². The molecule has 9 heteroatoms. The third kappa shape index (κ3) is 5.02. The maximum absolute atomic E-state index is 12.5. The van der Waals surface area contributed by atoms with Crippen LogP contribution < -0.4 is 0 Å². The van der Waals surface area contributed by atoms with Crippen molar-refractivity contribution < 1.29 is 19.1 Å². The molecule has 0 N–H and O–H groups in total. The van der Waals surface area contributed by atoms with Crippen molar-refractivity contribution in [2.24, 2.45) is 0 Å². The van der Waals surface area contributed by atoms with E-state index < -0.39 is 0 Å². The molecule has 4 rings (SSSR count). The normalized spacial score (nSPS) is 30.6. The number of carbonyl (C=O) groups excluding carboxylic acids is 2. The molecule has 4 aliphatic rings. The summed E-state index contributed by atoms with van der Waals surface area (Å²) in [6.07, 6.45) is 2.34. The first-order chi connectivity index (χ1) is 14.0. The molecule has 1 aliphatic carbocycles. The molecule has 29 heavy (non-hydrogen) atoms. The van der Waals surface area contributed by atoms with Crippen molar-refractivity contribution in [1.29, 1.82) is 0 Å². The summed E-state index contributed by atoms with van der Waals surface area (Å²) in [5.41, 5.74) is 0. The highest BCUT2D eigenvalue weighted by Gasteiger charge is 2.43. The minimum Gasteiger partial charge on any atom is -0.468 e.